The van der Waals surface area contributed by atoms with Crippen molar-refractivity contribution in [2.75, 3.05) is 12.4 Å². The zero-order chi connectivity index (χ0) is 17.1. The molecule has 3 aromatic rings. The van der Waals surface area contributed by atoms with Crippen molar-refractivity contribution in [2.24, 2.45) is 7.05 Å². The molecule has 0 fully saturated rings. The molecule has 0 unspecified atom stereocenters. The van der Waals surface area contributed by atoms with Gasteiger partial charge in [-0.3, -0.25) is 14.2 Å². The quantitative estimate of drug-likeness (QED) is 0.779. The van der Waals surface area contributed by atoms with Gasteiger partial charge >= 0.3 is 0 Å². The Bertz CT molecular complexity index is 931. The first kappa shape index (κ1) is 15.5. The Morgan fingerprint density at radius 2 is 1.92 bits per heavy atom. The number of rotatable bonds is 4. The number of nitrogens with zero attached hydrogens (tertiary/aromatic N) is 4. The molecule has 1 N–H and O–H groups in total. The highest BCUT2D eigenvalue weighted by atomic mass is 16.5. The number of pyridine rings is 1. The maximum Gasteiger partial charge on any atom is 0.257 e. The summed E-state index contributed by atoms with van der Waals surface area (Å²) < 4.78 is 8.34. The third-order valence-electron chi connectivity index (χ3n) is 3.50. The fourth-order valence-corrected chi connectivity index (χ4v) is 2.21. The third kappa shape index (κ3) is 3.02. The van der Waals surface area contributed by atoms with Crippen LogP contribution >= 0.6 is 0 Å². The number of methoxy groups -OCH3 is 1. The monoisotopic (exact) mass is 325 g/mol. The van der Waals surface area contributed by atoms with Crippen molar-refractivity contribution in [3.05, 3.63) is 65.1 Å². The summed E-state index contributed by atoms with van der Waals surface area (Å²) in [4.78, 5) is 23.9. The molecule has 0 aliphatic heterocycles. The number of nitrogens with one attached hydrogen (secondary N) is 1. The summed E-state index contributed by atoms with van der Waals surface area (Å²) in [6.07, 6.45) is 4.59. The van der Waals surface area contributed by atoms with Crippen LogP contribution in [0.1, 0.15) is 10.4 Å². The first-order valence-corrected chi connectivity index (χ1v) is 7.09. The Labute approximate surface area is 137 Å². The minimum absolute atomic E-state index is 0.182. The van der Waals surface area contributed by atoms with Crippen molar-refractivity contribution in [2.45, 2.75) is 0 Å². The molecule has 24 heavy (non-hydrogen) atoms. The van der Waals surface area contributed by atoms with E-state index in [0.717, 1.165) is 5.69 Å². The highest BCUT2D eigenvalue weighted by molar-refractivity contribution is 6.05. The fourth-order valence-electron chi connectivity index (χ4n) is 2.21. The molecule has 0 radical (unpaired) electrons. The van der Waals surface area contributed by atoms with E-state index in [1.165, 1.54) is 30.0 Å². The van der Waals surface area contributed by atoms with Gasteiger partial charge < -0.3 is 14.6 Å². The standard InChI is InChI=1S/C16H15N5O3/c1-20-8-11(3-6-15(20)22)16(23)19-13-7-12(4-5-14(13)24-2)21-9-17-18-10-21/h3-10H,1-2H3,(H,19,23). The second-order valence-electron chi connectivity index (χ2n) is 5.07. The molecule has 2 heterocycles. The molecule has 0 atom stereocenters. The summed E-state index contributed by atoms with van der Waals surface area (Å²) in [6.45, 7) is 0. The van der Waals surface area contributed by atoms with Gasteiger partial charge in [-0.1, -0.05) is 0 Å². The van der Waals surface area contributed by atoms with E-state index in [1.54, 1.807) is 36.4 Å². The molecule has 8 heteroatoms. The molecule has 1 amide bonds. The summed E-state index contributed by atoms with van der Waals surface area (Å²) in [7, 11) is 3.11. The van der Waals surface area contributed by atoms with Crippen LogP contribution in [0.3, 0.4) is 0 Å². The lowest BCUT2D eigenvalue weighted by atomic mass is 10.2. The van der Waals surface area contributed by atoms with E-state index in [-0.39, 0.29) is 11.5 Å². The van der Waals surface area contributed by atoms with E-state index >= 15 is 0 Å². The van der Waals surface area contributed by atoms with Crippen molar-refractivity contribution in [3.63, 3.8) is 0 Å². The average Bonchev–Trinajstić information content (AvgIpc) is 3.11. The van der Waals surface area contributed by atoms with Gasteiger partial charge in [0.05, 0.1) is 24.0 Å². The highest BCUT2D eigenvalue weighted by Crippen LogP contribution is 2.27. The van der Waals surface area contributed by atoms with E-state index < -0.39 is 0 Å². The van der Waals surface area contributed by atoms with Gasteiger partial charge in [-0.15, -0.1) is 10.2 Å². The number of aryl methyl sites for hydroxylation is 1. The van der Waals surface area contributed by atoms with Crippen LogP contribution in [0.5, 0.6) is 5.75 Å². The second kappa shape index (κ2) is 6.37. The number of anilines is 1. The minimum atomic E-state index is -0.343. The van der Waals surface area contributed by atoms with Gasteiger partial charge in [-0.2, -0.15) is 0 Å². The minimum Gasteiger partial charge on any atom is -0.495 e. The first-order chi connectivity index (χ1) is 11.6. The van der Waals surface area contributed by atoms with Crippen LogP contribution in [0, 0.1) is 0 Å². The van der Waals surface area contributed by atoms with E-state index in [9.17, 15) is 9.59 Å². The zero-order valence-corrected chi connectivity index (χ0v) is 13.1. The van der Waals surface area contributed by atoms with Gasteiger partial charge in [0.2, 0.25) is 5.56 Å². The van der Waals surface area contributed by atoms with Crippen molar-refractivity contribution in [1.29, 1.82) is 0 Å². The van der Waals surface area contributed by atoms with Crippen LogP contribution in [0.25, 0.3) is 5.69 Å². The molecule has 0 saturated carbocycles. The van der Waals surface area contributed by atoms with E-state index in [2.05, 4.69) is 15.5 Å². The molecular formula is C16H15N5O3. The largest absolute Gasteiger partial charge is 0.495 e. The summed E-state index contributed by atoms with van der Waals surface area (Å²) in [5.41, 5.74) is 1.46. The fraction of sp³-hybridized carbons (Fsp3) is 0.125. The molecule has 122 valence electrons. The lowest BCUT2D eigenvalue weighted by Crippen LogP contribution is -2.19. The predicted octanol–water partition coefficient (Wildman–Crippen LogP) is 1.23. The van der Waals surface area contributed by atoms with E-state index in [4.69, 9.17) is 4.74 Å². The van der Waals surface area contributed by atoms with Crippen molar-refractivity contribution < 1.29 is 9.53 Å². The Morgan fingerprint density at radius 3 is 2.58 bits per heavy atom. The Balaban J connectivity index is 1.93. The number of ether oxygens (including phenoxy) is 1. The molecule has 2 aromatic heterocycles. The number of benzene rings is 1. The molecule has 8 nitrogen and oxygen atoms in total. The van der Waals surface area contributed by atoms with E-state index in [0.29, 0.717) is 17.0 Å². The lowest BCUT2D eigenvalue weighted by molar-refractivity contribution is 0.102. The highest BCUT2D eigenvalue weighted by Gasteiger charge is 2.12. The number of amides is 1. The van der Waals surface area contributed by atoms with Gasteiger partial charge in [0, 0.05) is 19.3 Å². The smallest absolute Gasteiger partial charge is 0.257 e. The summed E-state index contributed by atoms with van der Waals surface area (Å²) in [5.74, 6) is 0.176. The van der Waals surface area contributed by atoms with Gasteiger partial charge in [0.1, 0.15) is 18.4 Å². The Hall–Kier alpha value is -3.42. The summed E-state index contributed by atoms with van der Waals surface area (Å²) in [6, 6.07) is 8.14. The number of aromatic nitrogens is 4. The molecule has 0 aliphatic rings. The third-order valence-corrected chi connectivity index (χ3v) is 3.50. The topological polar surface area (TPSA) is 91.0 Å². The summed E-state index contributed by atoms with van der Waals surface area (Å²) >= 11 is 0. The van der Waals surface area contributed by atoms with Crippen LogP contribution in [-0.4, -0.2) is 32.3 Å². The van der Waals surface area contributed by atoms with Gasteiger partial charge in [0.25, 0.3) is 5.91 Å². The molecule has 3 rings (SSSR count). The maximum atomic E-state index is 12.4. The van der Waals surface area contributed by atoms with Crippen LogP contribution in [0.15, 0.2) is 54.0 Å². The first-order valence-electron chi connectivity index (χ1n) is 7.09. The van der Waals surface area contributed by atoms with E-state index in [1.807, 2.05) is 6.07 Å². The molecule has 1 aromatic carbocycles. The molecule has 0 spiro atoms. The SMILES string of the molecule is COc1ccc(-n2cnnc2)cc1NC(=O)c1ccc(=O)n(C)c1. The van der Waals surface area contributed by atoms with Gasteiger partial charge in [-0.25, -0.2) is 0 Å². The number of carbonyl (C=O) groups excluding carboxylic acids is 1. The lowest BCUT2D eigenvalue weighted by Gasteiger charge is -2.12. The molecule has 0 aliphatic carbocycles. The average molecular weight is 325 g/mol. The maximum absolute atomic E-state index is 12.4. The molecular weight excluding hydrogens is 310 g/mol. The van der Waals surface area contributed by atoms with Crippen LogP contribution < -0.4 is 15.6 Å². The van der Waals surface area contributed by atoms with Crippen LogP contribution in [0.2, 0.25) is 0 Å². The number of carbonyl (C=O) groups is 1. The molecule has 0 bridgehead atoms. The number of hydrogen-bond donors (Lipinski definition) is 1. The van der Waals surface area contributed by atoms with Crippen molar-refractivity contribution >= 4 is 11.6 Å². The Kier molecular flexibility index (Phi) is 4.11. The molecule has 0 saturated heterocycles. The van der Waals surface area contributed by atoms with Crippen molar-refractivity contribution in [1.82, 2.24) is 19.3 Å². The number of hydrogen-bond acceptors (Lipinski definition) is 5. The second-order valence-corrected chi connectivity index (χ2v) is 5.07. The zero-order valence-electron chi connectivity index (χ0n) is 13.1. The van der Waals surface area contributed by atoms with Crippen LogP contribution in [0.4, 0.5) is 5.69 Å². The Morgan fingerprint density at radius 1 is 1.17 bits per heavy atom. The van der Waals surface area contributed by atoms with Gasteiger partial charge in [0.15, 0.2) is 0 Å². The predicted molar refractivity (Wildman–Crippen MR) is 87.5 cm³/mol. The van der Waals surface area contributed by atoms with Crippen LogP contribution in [-0.2, 0) is 7.05 Å². The van der Waals surface area contributed by atoms with Crippen molar-refractivity contribution in [3.8, 4) is 11.4 Å². The normalized spacial score (nSPS) is 10.4. The van der Waals surface area contributed by atoms with Gasteiger partial charge in [-0.05, 0) is 24.3 Å². The summed E-state index contributed by atoms with van der Waals surface area (Å²) in [5, 5.41) is 10.3.